The largest absolute Gasteiger partial charge is 0.476 e. The second-order valence-electron chi connectivity index (χ2n) is 2.91. The molecular formula is C9H4BrNO6. The fraction of sp³-hybridized carbons (Fsp3) is 0. The van der Waals surface area contributed by atoms with Crippen LogP contribution in [0.1, 0.15) is 21.0 Å². The lowest BCUT2D eigenvalue weighted by molar-refractivity contribution is 0.0624. The third kappa shape index (κ3) is 2.07. The van der Waals surface area contributed by atoms with Crippen LogP contribution in [0, 0.1) is 0 Å². The van der Waals surface area contributed by atoms with Gasteiger partial charge in [-0.3, -0.25) is 0 Å². The van der Waals surface area contributed by atoms with Crippen molar-refractivity contribution in [1.29, 1.82) is 0 Å². The van der Waals surface area contributed by atoms with Crippen molar-refractivity contribution in [2.24, 2.45) is 0 Å². The molecule has 88 valence electrons. The normalized spacial score (nSPS) is 10.4. The van der Waals surface area contributed by atoms with Crippen LogP contribution in [-0.2, 0) is 0 Å². The van der Waals surface area contributed by atoms with Crippen LogP contribution >= 0.6 is 15.9 Å². The van der Waals surface area contributed by atoms with Gasteiger partial charge in [0.05, 0.1) is 0 Å². The third-order valence-corrected chi connectivity index (χ3v) is 2.23. The Kier molecular flexibility index (Phi) is 2.72. The number of carboxylic acid groups (broad SMARTS) is 2. The van der Waals surface area contributed by atoms with Crippen LogP contribution < -0.4 is 0 Å². The van der Waals surface area contributed by atoms with Gasteiger partial charge in [-0.2, -0.15) is 4.98 Å². The van der Waals surface area contributed by atoms with E-state index in [2.05, 4.69) is 20.9 Å². The quantitative estimate of drug-likeness (QED) is 0.892. The van der Waals surface area contributed by atoms with Crippen molar-refractivity contribution in [2.45, 2.75) is 0 Å². The van der Waals surface area contributed by atoms with Gasteiger partial charge in [0, 0.05) is 0 Å². The van der Waals surface area contributed by atoms with Gasteiger partial charge in [-0.05, 0) is 28.1 Å². The second kappa shape index (κ2) is 4.06. The predicted octanol–water partition coefficient (Wildman–Crippen LogP) is 2.09. The van der Waals surface area contributed by atoms with E-state index in [1.807, 2.05) is 0 Å². The summed E-state index contributed by atoms with van der Waals surface area (Å²) in [7, 11) is 0. The Morgan fingerprint density at radius 1 is 1.18 bits per heavy atom. The number of rotatable bonds is 3. The molecule has 0 aromatic carbocycles. The summed E-state index contributed by atoms with van der Waals surface area (Å²) < 4.78 is 10.3. The fourth-order valence-electron chi connectivity index (χ4n) is 1.14. The summed E-state index contributed by atoms with van der Waals surface area (Å²) >= 11 is 3.04. The second-order valence-corrected chi connectivity index (χ2v) is 3.69. The first-order valence-corrected chi connectivity index (χ1v) is 5.01. The zero-order valence-electron chi connectivity index (χ0n) is 8.01. The molecule has 2 heterocycles. The molecule has 0 radical (unpaired) electrons. The summed E-state index contributed by atoms with van der Waals surface area (Å²) in [5.41, 5.74) is -0.667. The molecule has 0 saturated carbocycles. The summed E-state index contributed by atoms with van der Waals surface area (Å²) in [6, 6.07) is 3.01. The molecule has 0 fully saturated rings. The lowest BCUT2D eigenvalue weighted by Gasteiger charge is -1.87. The van der Waals surface area contributed by atoms with E-state index in [4.69, 9.17) is 19.0 Å². The Morgan fingerprint density at radius 2 is 1.88 bits per heavy atom. The molecule has 8 heteroatoms. The molecular weight excluding hydrogens is 298 g/mol. The van der Waals surface area contributed by atoms with Crippen LogP contribution in [0.25, 0.3) is 11.7 Å². The van der Waals surface area contributed by atoms with Crippen LogP contribution in [0.5, 0.6) is 0 Å². The first-order chi connectivity index (χ1) is 7.99. The molecule has 0 aliphatic heterocycles. The molecule has 2 aromatic rings. The van der Waals surface area contributed by atoms with Crippen molar-refractivity contribution >= 4 is 27.9 Å². The van der Waals surface area contributed by atoms with Crippen LogP contribution in [0.3, 0.4) is 0 Å². The number of carboxylic acids is 2. The van der Waals surface area contributed by atoms with Gasteiger partial charge < -0.3 is 19.0 Å². The predicted molar refractivity (Wildman–Crippen MR) is 55.8 cm³/mol. The maximum absolute atomic E-state index is 10.8. The Labute approximate surface area is 102 Å². The van der Waals surface area contributed by atoms with Gasteiger partial charge in [-0.25, -0.2) is 9.59 Å². The van der Waals surface area contributed by atoms with E-state index >= 15 is 0 Å². The molecule has 0 amide bonds. The van der Waals surface area contributed by atoms with Gasteiger partial charge in [0.15, 0.2) is 10.4 Å². The third-order valence-electron chi connectivity index (χ3n) is 1.81. The molecule has 0 bridgehead atoms. The molecule has 0 unspecified atom stereocenters. The first-order valence-electron chi connectivity index (χ1n) is 4.22. The van der Waals surface area contributed by atoms with Gasteiger partial charge in [0.25, 0.3) is 5.89 Å². The number of furan rings is 1. The average Bonchev–Trinajstić information content (AvgIpc) is 2.82. The molecule has 17 heavy (non-hydrogen) atoms. The maximum Gasteiger partial charge on any atom is 0.374 e. The molecule has 2 rings (SSSR count). The van der Waals surface area contributed by atoms with E-state index in [1.165, 1.54) is 6.07 Å². The highest BCUT2D eigenvalue weighted by atomic mass is 79.9. The van der Waals surface area contributed by atoms with Gasteiger partial charge in [-0.1, -0.05) is 0 Å². The van der Waals surface area contributed by atoms with E-state index in [0.717, 1.165) is 0 Å². The number of nitrogens with zero attached hydrogens (tertiary/aromatic N) is 1. The summed E-state index contributed by atoms with van der Waals surface area (Å²) in [6.07, 6.45) is 0. The highest BCUT2D eigenvalue weighted by molar-refractivity contribution is 9.10. The van der Waals surface area contributed by atoms with Crippen LogP contribution in [0.2, 0.25) is 0 Å². The minimum Gasteiger partial charge on any atom is -0.476 e. The van der Waals surface area contributed by atoms with Crippen LogP contribution in [-0.4, -0.2) is 27.1 Å². The van der Waals surface area contributed by atoms with Crippen molar-refractivity contribution in [1.82, 2.24) is 4.98 Å². The van der Waals surface area contributed by atoms with Crippen molar-refractivity contribution in [2.75, 3.05) is 0 Å². The summed E-state index contributed by atoms with van der Waals surface area (Å²) in [5, 5.41) is 17.5. The van der Waals surface area contributed by atoms with E-state index in [0.29, 0.717) is 4.67 Å². The van der Waals surface area contributed by atoms with Crippen molar-refractivity contribution in [3.05, 3.63) is 28.3 Å². The van der Waals surface area contributed by atoms with E-state index in [1.54, 1.807) is 6.07 Å². The SMILES string of the molecule is O=C(O)c1nc(-c2ccc(Br)o2)oc1C(=O)O. The minimum absolute atomic E-state index is 0.131. The summed E-state index contributed by atoms with van der Waals surface area (Å²) in [5.74, 6) is -3.80. The zero-order chi connectivity index (χ0) is 12.6. The fourth-order valence-corrected chi connectivity index (χ4v) is 1.45. The average molecular weight is 302 g/mol. The molecule has 2 aromatic heterocycles. The molecule has 2 N–H and O–H groups in total. The van der Waals surface area contributed by atoms with E-state index in [9.17, 15) is 9.59 Å². The Balaban J connectivity index is 2.54. The van der Waals surface area contributed by atoms with Gasteiger partial charge in [-0.15, -0.1) is 0 Å². The van der Waals surface area contributed by atoms with Crippen molar-refractivity contribution < 1.29 is 28.6 Å². The van der Waals surface area contributed by atoms with Gasteiger partial charge in [0.2, 0.25) is 11.5 Å². The standard InChI is InChI=1S/C9H4BrNO6/c10-4-2-1-3(16-4)7-11-5(8(12)13)6(17-7)9(14)15/h1-2H,(H,12,13)(H,14,15). The van der Waals surface area contributed by atoms with Crippen LogP contribution in [0.15, 0.2) is 25.6 Å². The number of halogens is 1. The number of hydrogen-bond donors (Lipinski definition) is 2. The zero-order valence-corrected chi connectivity index (χ0v) is 9.59. The molecule has 0 aliphatic rings. The summed E-state index contributed by atoms with van der Waals surface area (Å²) in [4.78, 5) is 25.0. The highest BCUT2D eigenvalue weighted by Crippen LogP contribution is 2.26. The molecule has 0 atom stereocenters. The Hall–Kier alpha value is -2.09. The molecule has 7 nitrogen and oxygen atoms in total. The van der Waals surface area contributed by atoms with E-state index in [-0.39, 0.29) is 11.7 Å². The van der Waals surface area contributed by atoms with Crippen molar-refractivity contribution in [3.63, 3.8) is 0 Å². The molecule has 0 aliphatic carbocycles. The number of aromatic nitrogens is 1. The van der Waals surface area contributed by atoms with E-state index < -0.39 is 23.4 Å². The van der Waals surface area contributed by atoms with Gasteiger partial charge in [0.1, 0.15) is 0 Å². The minimum atomic E-state index is -1.51. The van der Waals surface area contributed by atoms with Gasteiger partial charge >= 0.3 is 11.9 Å². The lowest BCUT2D eigenvalue weighted by Crippen LogP contribution is -2.05. The lowest BCUT2D eigenvalue weighted by atomic mass is 10.3. The monoisotopic (exact) mass is 301 g/mol. The topological polar surface area (TPSA) is 114 Å². The Bertz CT molecular complexity index is 567. The number of oxazole rings is 1. The highest BCUT2D eigenvalue weighted by Gasteiger charge is 2.26. The molecule has 0 spiro atoms. The molecule has 0 saturated heterocycles. The maximum atomic E-state index is 10.8. The first kappa shape index (κ1) is 11.4. The summed E-state index contributed by atoms with van der Waals surface area (Å²) in [6.45, 7) is 0. The Morgan fingerprint density at radius 3 is 2.29 bits per heavy atom. The number of aromatic carboxylic acids is 2. The number of carbonyl (C=O) groups is 2. The van der Waals surface area contributed by atoms with Crippen molar-refractivity contribution in [3.8, 4) is 11.7 Å². The van der Waals surface area contributed by atoms with Crippen LogP contribution in [0.4, 0.5) is 0 Å². The number of hydrogen-bond acceptors (Lipinski definition) is 5. The smallest absolute Gasteiger partial charge is 0.374 e.